The highest BCUT2D eigenvalue weighted by Crippen LogP contribution is 2.30. The predicted molar refractivity (Wildman–Crippen MR) is 99.8 cm³/mol. The minimum Gasteiger partial charge on any atom is -0.495 e. The molecule has 1 N–H and O–H groups in total. The number of nitrogens with zero attached hydrogens (tertiary/aromatic N) is 1. The van der Waals surface area contributed by atoms with E-state index < -0.39 is 5.82 Å². The van der Waals surface area contributed by atoms with Crippen LogP contribution in [0.2, 0.25) is 0 Å². The van der Waals surface area contributed by atoms with Gasteiger partial charge in [-0.1, -0.05) is 28.1 Å². The number of ether oxygens (including phenoxy) is 1. The van der Waals surface area contributed by atoms with E-state index in [1.807, 2.05) is 24.3 Å². The molecule has 25 heavy (non-hydrogen) atoms. The molecule has 0 radical (unpaired) electrons. The molecule has 4 nitrogen and oxygen atoms in total. The van der Waals surface area contributed by atoms with E-state index in [4.69, 9.17) is 4.74 Å². The zero-order valence-corrected chi connectivity index (χ0v) is 15.6. The van der Waals surface area contributed by atoms with E-state index in [0.29, 0.717) is 11.0 Å². The van der Waals surface area contributed by atoms with Crippen LogP contribution in [0.3, 0.4) is 0 Å². The summed E-state index contributed by atoms with van der Waals surface area (Å²) in [5, 5.41) is 2.96. The van der Waals surface area contributed by atoms with Crippen molar-refractivity contribution in [2.75, 3.05) is 25.1 Å². The first-order valence-electron chi connectivity index (χ1n) is 8.22. The topological polar surface area (TPSA) is 41.6 Å². The number of piperidine rings is 1. The molecule has 3 rings (SSSR count). The Bertz CT molecular complexity index is 769. The molecule has 1 unspecified atom stereocenters. The minimum absolute atomic E-state index is 0.0375. The van der Waals surface area contributed by atoms with E-state index >= 15 is 0 Å². The van der Waals surface area contributed by atoms with Crippen LogP contribution in [0.1, 0.15) is 23.2 Å². The molecule has 0 saturated carbocycles. The van der Waals surface area contributed by atoms with Crippen molar-refractivity contribution in [3.8, 4) is 5.75 Å². The van der Waals surface area contributed by atoms with Crippen molar-refractivity contribution in [1.29, 1.82) is 0 Å². The van der Waals surface area contributed by atoms with Crippen molar-refractivity contribution in [2.24, 2.45) is 0 Å². The smallest absolute Gasteiger partial charge is 0.254 e. The van der Waals surface area contributed by atoms with E-state index in [1.165, 1.54) is 12.1 Å². The fourth-order valence-electron chi connectivity index (χ4n) is 3.14. The second-order valence-electron chi connectivity index (χ2n) is 6.05. The van der Waals surface area contributed by atoms with E-state index in [0.717, 1.165) is 30.8 Å². The third kappa shape index (κ3) is 4.12. The summed E-state index contributed by atoms with van der Waals surface area (Å²) < 4.78 is 20.0. The standard InChI is InChI=1S/C19H20BrFN2O2/c1-25-18-7-3-2-6-17(18)23-10-4-5-14(12-23)22-19(24)15-11-13(20)8-9-16(15)21/h2-3,6-9,11,14H,4-5,10,12H2,1H3,(H,22,24). The average molecular weight is 407 g/mol. The molecule has 0 bridgehead atoms. The maximum absolute atomic E-state index is 13.9. The molecule has 0 spiro atoms. The van der Waals surface area contributed by atoms with Gasteiger partial charge in [-0.05, 0) is 43.2 Å². The molecule has 0 aliphatic carbocycles. The van der Waals surface area contributed by atoms with Crippen LogP contribution in [-0.2, 0) is 0 Å². The molecule has 1 atom stereocenters. The highest BCUT2D eigenvalue weighted by atomic mass is 79.9. The lowest BCUT2D eigenvalue weighted by molar-refractivity contribution is 0.0929. The van der Waals surface area contributed by atoms with Gasteiger partial charge in [0.2, 0.25) is 0 Å². The molecular formula is C19H20BrFN2O2. The molecule has 132 valence electrons. The molecule has 1 heterocycles. The van der Waals surface area contributed by atoms with Crippen LogP contribution in [0, 0.1) is 5.82 Å². The lowest BCUT2D eigenvalue weighted by atomic mass is 10.0. The maximum Gasteiger partial charge on any atom is 0.254 e. The second kappa shape index (κ2) is 7.87. The van der Waals surface area contributed by atoms with Gasteiger partial charge >= 0.3 is 0 Å². The predicted octanol–water partition coefficient (Wildman–Crippen LogP) is 4.00. The molecular weight excluding hydrogens is 387 g/mol. The first-order valence-corrected chi connectivity index (χ1v) is 9.01. The third-order valence-electron chi connectivity index (χ3n) is 4.36. The van der Waals surface area contributed by atoms with Crippen molar-refractivity contribution >= 4 is 27.5 Å². The molecule has 1 aliphatic heterocycles. The lowest BCUT2D eigenvalue weighted by Crippen LogP contribution is -2.48. The first-order chi connectivity index (χ1) is 12.1. The molecule has 1 amide bonds. The van der Waals surface area contributed by atoms with E-state index in [9.17, 15) is 9.18 Å². The average Bonchev–Trinajstić information content (AvgIpc) is 2.63. The van der Waals surface area contributed by atoms with E-state index in [-0.39, 0.29) is 17.5 Å². The van der Waals surface area contributed by atoms with E-state index in [2.05, 4.69) is 26.1 Å². The number of halogens is 2. The molecule has 1 saturated heterocycles. The first kappa shape index (κ1) is 17.7. The van der Waals surface area contributed by atoms with Gasteiger partial charge in [0, 0.05) is 23.6 Å². The summed E-state index contributed by atoms with van der Waals surface area (Å²) in [4.78, 5) is 14.6. The summed E-state index contributed by atoms with van der Waals surface area (Å²) in [5.74, 6) is -0.0868. The van der Waals surface area contributed by atoms with Crippen molar-refractivity contribution in [3.05, 3.63) is 58.3 Å². The fourth-order valence-corrected chi connectivity index (χ4v) is 3.50. The Morgan fingerprint density at radius 2 is 2.12 bits per heavy atom. The second-order valence-corrected chi connectivity index (χ2v) is 6.97. The Labute approximate surface area is 155 Å². The van der Waals surface area contributed by atoms with Gasteiger partial charge in [-0.25, -0.2) is 4.39 Å². The van der Waals surface area contributed by atoms with Gasteiger partial charge in [0.25, 0.3) is 5.91 Å². The highest BCUT2D eigenvalue weighted by Gasteiger charge is 2.24. The molecule has 1 fully saturated rings. The van der Waals surface area contributed by atoms with Gasteiger partial charge in [-0.2, -0.15) is 0 Å². The highest BCUT2D eigenvalue weighted by molar-refractivity contribution is 9.10. The third-order valence-corrected chi connectivity index (χ3v) is 4.85. The number of hydrogen-bond acceptors (Lipinski definition) is 3. The lowest BCUT2D eigenvalue weighted by Gasteiger charge is -2.35. The normalized spacial score (nSPS) is 17.2. The zero-order chi connectivity index (χ0) is 17.8. The molecule has 1 aliphatic rings. The van der Waals surface area contributed by atoms with Crippen molar-refractivity contribution in [3.63, 3.8) is 0 Å². The van der Waals surface area contributed by atoms with Crippen LogP contribution in [0.5, 0.6) is 5.75 Å². The number of para-hydroxylation sites is 2. The Kier molecular flexibility index (Phi) is 5.58. The zero-order valence-electron chi connectivity index (χ0n) is 14.0. The van der Waals surface area contributed by atoms with Gasteiger partial charge < -0.3 is 15.0 Å². The van der Waals surface area contributed by atoms with Crippen LogP contribution < -0.4 is 15.0 Å². The van der Waals surface area contributed by atoms with E-state index in [1.54, 1.807) is 13.2 Å². The summed E-state index contributed by atoms with van der Waals surface area (Å²) in [7, 11) is 1.65. The quantitative estimate of drug-likeness (QED) is 0.834. The van der Waals surface area contributed by atoms with Gasteiger partial charge in [0.15, 0.2) is 0 Å². The SMILES string of the molecule is COc1ccccc1N1CCCC(NC(=O)c2cc(Br)ccc2F)C1. The fraction of sp³-hybridized carbons (Fsp3) is 0.316. The van der Waals surface area contributed by atoms with Gasteiger partial charge in [-0.15, -0.1) is 0 Å². The molecule has 0 aromatic heterocycles. The largest absolute Gasteiger partial charge is 0.495 e. The summed E-state index contributed by atoms with van der Waals surface area (Å²) in [6.45, 7) is 1.57. The minimum atomic E-state index is -0.516. The number of amides is 1. The summed E-state index contributed by atoms with van der Waals surface area (Å²) >= 11 is 3.28. The number of anilines is 1. The number of carbonyl (C=O) groups is 1. The Morgan fingerprint density at radius 3 is 2.92 bits per heavy atom. The van der Waals surface area contributed by atoms with Crippen molar-refractivity contribution in [1.82, 2.24) is 5.32 Å². The van der Waals surface area contributed by atoms with Crippen molar-refractivity contribution < 1.29 is 13.9 Å². The molecule has 2 aromatic rings. The number of carbonyl (C=O) groups excluding carboxylic acids is 1. The van der Waals surface area contributed by atoms with Gasteiger partial charge in [0.1, 0.15) is 11.6 Å². The number of rotatable bonds is 4. The monoisotopic (exact) mass is 406 g/mol. The van der Waals surface area contributed by atoms with Gasteiger partial charge in [-0.3, -0.25) is 4.79 Å². The molecule has 6 heteroatoms. The number of nitrogens with one attached hydrogen (secondary N) is 1. The van der Waals surface area contributed by atoms with Crippen LogP contribution in [-0.4, -0.2) is 32.1 Å². The number of hydrogen-bond donors (Lipinski definition) is 1. The maximum atomic E-state index is 13.9. The summed E-state index contributed by atoms with van der Waals surface area (Å²) in [6, 6.07) is 12.2. The Hall–Kier alpha value is -2.08. The Morgan fingerprint density at radius 1 is 1.32 bits per heavy atom. The van der Waals surface area contributed by atoms with Crippen LogP contribution in [0.25, 0.3) is 0 Å². The van der Waals surface area contributed by atoms with Crippen LogP contribution in [0.4, 0.5) is 10.1 Å². The number of benzene rings is 2. The van der Waals surface area contributed by atoms with Crippen LogP contribution in [0.15, 0.2) is 46.9 Å². The van der Waals surface area contributed by atoms with Crippen molar-refractivity contribution in [2.45, 2.75) is 18.9 Å². The Balaban J connectivity index is 1.71. The van der Waals surface area contributed by atoms with Crippen LogP contribution >= 0.6 is 15.9 Å². The summed E-state index contributed by atoms with van der Waals surface area (Å²) in [6.07, 6.45) is 1.82. The van der Waals surface area contributed by atoms with Gasteiger partial charge in [0.05, 0.1) is 18.4 Å². The number of methoxy groups -OCH3 is 1. The summed E-state index contributed by atoms with van der Waals surface area (Å²) in [5.41, 5.74) is 1.07. The molecule has 2 aromatic carbocycles.